The maximum atomic E-state index is 10.3. The van der Waals surface area contributed by atoms with Gasteiger partial charge in [0.2, 0.25) is 12.3 Å². The second kappa shape index (κ2) is 5.80. The molecule has 0 saturated heterocycles. The molecular weight excluding hydrogens is 194 g/mol. The first-order valence-corrected chi connectivity index (χ1v) is 4.60. The van der Waals surface area contributed by atoms with E-state index in [9.17, 15) is 4.79 Å². The molecule has 1 aromatic carbocycles. The Morgan fingerprint density at radius 2 is 2.07 bits per heavy atom. The average molecular weight is 207 g/mol. The molecule has 0 aliphatic rings. The van der Waals surface area contributed by atoms with E-state index >= 15 is 0 Å². The molecule has 4 heteroatoms. The number of carbonyl (C=O) groups excluding carboxylic acids is 1. The highest BCUT2D eigenvalue weighted by Crippen LogP contribution is 2.12. The third kappa shape index (κ3) is 3.09. The van der Waals surface area contributed by atoms with Gasteiger partial charge in [-0.1, -0.05) is 0 Å². The van der Waals surface area contributed by atoms with E-state index in [4.69, 9.17) is 9.47 Å². The van der Waals surface area contributed by atoms with E-state index in [1.165, 1.54) is 0 Å². The Hall–Kier alpha value is -1.84. The summed E-state index contributed by atoms with van der Waals surface area (Å²) in [6.45, 7) is 2.31. The Morgan fingerprint density at radius 1 is 1.40 bits per heavy atom. The number of carbonyl (C=O) groups is 1. The summed E-state index contributed by atoms with van der Waals surface area (Å²) in [5, 5.41) is 0. The van der Waals surface area contributed by atoms with Crippen molar-refractivity contribution in [1.82, 2.24) is 0 Å². The molecule has 0 aromatic heterocycles. The molecule has 1 aromatic rings. The number of rotatable bonds is 4. The van der Waals surface area contributed by atoms with Gasteiger partial charge in [-0.15, -0.1) is 0 Å². The SMILES string of the molecule is CCOC(=NC=O)c1ccc(OC)cc1. The summed E-state index contributed by atoms with van der Waals surface area (Å²) in [5.74, 6) is 1.08. The van der Waals surface area contributed by atoms with Crippen LogP contribution in [0.15, 0.2) is 29.3 Å². The topological polar surface area (TPSA) is 47.9 Å². The normalized spacial score (nSPS) is 10.9. The van der Waals surface area contributed by atoms with Gasteiger partial charge in [-0.2, -0.15) is 4.99 Å². The molecule has 0 atom stereocenters. The maximum absolute atomic E-state index is 10.3. The van der Waals surface area contributed by atoms with Gasteiger partial charge in [0, 0.05) is 5.56 Å². The van der Waals surface area contributed by atoms with Crippen LogP contribution in [0.3, 0.4) is 0 Å². The summed E-state index contributed by atoms with van der Waals surface area (Å²) in [4.78, 5) is 13.9. The molecule has 0 fully saturated rings. The fourth-order valence-corrected chi connectivity index (χ4v) is 1.11. The Labute approximate surface area is 88.5 Å². The van der Waals surface area contributed by atoms with E-state index in [-0.39, 0.29) is 0 Å². The summed E-state index contributed by atoms with van der Waals surface area (Å²) in [5.41, 5.74) is 0.754. The molecule has 0 unspecified atom stereocenters. The highest BCUT2D eigenvalue weighted by Gasteiger charge is 2.03. The highest BCUT2D eigenvalue weighted by molar-refractivity contribution is 5.97. The van der Waals surface area contributed by atoms with Crippen LogP contribution in [-0.2, 0) is 9.53 Å². The van der Waals surface area contributed by atoms with Crippen molar-refractivity contribution in [3.8, 4) is 5.75 Å². The van der Waals surface area contributed by atoms with Crippen LogP contribution in [0.1, 0.15) is 12.5 Å². The van der Waals surface area contributed by atoms with Crippen molar-refractivity contribution in [3.05, 3.63) is 29.8 Å². The van der Waals surface area contributed by atoms with Crippen molar-refractivity contribution in [2.75, 3.05) is 13.7 Å². The molecule has 0 heterocycles. The summed E-state index contributed by atoms with van der Waals surface area (Å²) in [6.07, 6.45) is 0.467. The fourth-order valence-electron chi connectivity index (χ4n) is 1.11. The van der Waals surface area contributed by atoms with Crippen molar-refractivity contribution in [3.63, 3.8) is 0 Å². The van der Waals surface area contributed by atoms with Crippen molar-refractivity contribution in [2.24, 2.45) is 4.99 Å². The Morgan fingerprint density at radius 3 is 2.53 bits per heavy atom. The number of hydrogen-bond donors (Lipinski definition) is 0. The zero-order valence-corrected chi connectivity index (χ0v) is 8.77. The maximum Gasteiger partial charge on any atom is 0.236 e. The predicted octanol–water partition coefficient (Wildman–Crippen LogP) is 1.63. The van der Waals surface area contributed by atoms with Gasteiger partial charge in [-0.25, -0.2) is 0 Å². The monoisotopic (exact) mass is 207 g/mol. The molecule has 15 heavy (non-hydrogen) atoms. The molecule has 0 saturated carbocycles. The number of aliphatic imine (C=N–C) groups is 1. The third-order valence-electron chi connectivity index (χ3n) is 1.79. The second-order valence-corrected chi connectivity index (χ2v) is 2.70. The van der Waals surface area contributed by atoms with E-state index in [0.717, 1.165) is 11.3 Å². The molecule has 0 aliphatic carbocycles. The molecule has 1 amide bonds. The molecule has 0 N–H and O–H groups in total. The zero-order valence-electron chi connectivity index (χ0n) is 8.77. The second-order valence-electron chi connectivity index (χ2n) is 2.70. The fraction of sp³-hybridized carbons (Fsp3) is 0.273. The number of methoxy groups -OCH3 is 1. The van der Waals surface area contributed by atoms with Gasteiger partial charge in [-0.05, 0) is 31.2 Å². The smallest absolute Gasteiger partial charge is 0.236 e. The highest BCUT2D eigenvalue weighted by atomic mass is 16.5. The lowest BCUT2D eigenvalue weighted by Crippen LogP contribution is -2.06. The van der Waals surface area contributed by atoms with Crippen molar-refractivity contribution < 1.29 is 14.3 Å². The van der Waals surface area contributed by atoms with E-state index in [0.29, 0.717) is 18.9 Å². The molecule has 80 valence electrons. The van der Waals surface area contributed by atoms with Crippen molar-refractivity contribution >= 4 is 12.3 Å². The molecule has 0 spiro atoms. The van der Waals surface area contributed by atoms with Gasteiger partial charge in [0.15, 0.2) is 0 Å². The third-order valence-corrected chi connectivity index (χ3v) is 1.79. The minimum Gasteiger partial charge on any atom is -0.497 e. The Kier molecular flexibility index (Phi) is 4.34. The number of benzene rings is 1. The zero-order chi connectivity index (χ0) is 11.1. The summed E-state index contributed by atoms with van der Waals surface area (Å²) < 4.78 is 10.2. The van der Waals surface area contributed by atoms with E-state index in [1.54, 1.807) is 31.4 Å². The summed E-state index contributed by atoms with van der Waals surface area (Å²) in [6, 6.07) is 7.15. The van der Waals surface area contributed by atoms with Crippen molar-refractivity contribution in [2.45, 2.75) is 6.92 Å². The van der Waals surface area contributed by atoms with Gasteiger partial charge in [0.1, 0.15) is 5.75 Å². The first-order valence-electron chi connectivity index (χ1n) is 4.60. The van der Waals surface area contributed by atoms with Gasteiger partial charge < -0.3 is 9.47 Å². The van der Waals surface area contributed by atoms with Crippen LogP contribution in [0.4, 0.5) is 0 Å². The lowest BCUT2D eigenvalue weighted by molar-refractivity contribution is -0.106. The molecule has 0 aliphatic heterocycles. The predicted molar refractivity (Wildman–Crippen MR) is 57.2 cm³/mol. The molecule has 0 bridgehead atoms. The first kappa shape index (κ1) is 11.2. The van der Waals surface area contributed by atoms with Gasteiger partial charge in [-0.3, -0.25) is 4.79 Å². The minimum atomic E-state index is 0.329. The first-order chi connectivity index (χ1) is 7.31. The average Bonchev–Trinajstić information content (AvgIpc) is 2.29. The Balaban J connectivity index is 2.91. The van der Waals surface area contributed by atoms with Crippen molar-refractivity contribution in [1.29, 1.82) is 0 Å². The Bertz CT molecular complexity index is 343. The van der Waals surface area contributed by atoms with Gasteiger partial charge >= 0.3 is 0 Å². The number of ether oxygens (including phenoxy) is 2. The lowest BCUT2D eigenvalue weighted by Gasteiger charge is -2.06. The molecule has 4 nitrogen and oxygen atoms in total. The van der Waals surface area contributed by atoms with Crippen LogP contribution >= 0.6 is 0 Å². The molecule has 0 radical (unpaired) electrons. The molecule has 1 rings (SSSR count). The largest absolute Gasteiger partial charge is 0.497 e. The van der Waals surface area contributed by atoms with Crippen LogP contribution in [0.2, 0.25) is 0 Å². The van der Waals surface area contributed by atoms with E-state index in [2.05, 4.69) is 4.99 Å². The van der Waals surface area contributed by atoms with Crippen LogP contribution in [0.5, 0.6) is 5.75 Å². The quantitative estimate of drug-likeness (QED) is 0.428. The summed E-state index contributed by atoms with van der Waals surface area (Å²) in [7, 11) is 1.60. The van der Waals surface area contributed by atoms with Gasteiger partial charge in [0.05, 0.1) is 13.7 Å². The van der Waals surface area contributed by atoms with Crippen LogP contribution in [0, 0.1) is 0 Å². The lowest BCUT2D eigenvalue weighted by atomic mass is 10.2. The number of hydrogen-bond acceptors (Lipinski definition) is 3. The number of amides is 1. The van der Waals surface area contributed by atoms with Crippen LogP contribution in [-0.4, -0.2) is 26.0 Å². The van der Waals surface area contributed by atoms with E-state index < -0.39 is 0 Å². The van der Waals surface area contributed by atoms with E-state index in [1.807, 2.05) is 6.92 Å². The van der Waals surface area contributed by atoms with Crippen LogP contribution in [0.25, 0.3) is 0 Å². The minimum absolute atomic E-state index is 0.329. The molecular formula is C11H13NO3. The van der Waals surface area contributed by atoms with Crippen LogP contribution < -0.4 is 4.74 Å². The van der Waals surface area contributed by atoms with Gasteiger partial charge in [0.25, 0.3) is 0 Å². The number of nitrogens with zero attached hydrogens (tertiary/aromatic N) is 1. The summed E-state index contributed by atoms with van der Waals surface area (Å²) >= 11 is 0. The standard InChI is InChI=1S/C11H13NO3/c1-3-15-11(12-8-13)9-4-6-10(14-2)7-5-9/h4-8H,3H2,1-2H3.